The van der Waals surface area contributed by atoms with E-state index in [1.165, 1.54) is 31.3 Å². The Morgan fingerprint density at radius 1 is 0.818 bits per heavy atom. The van der Waals surface area contributed by atoms with E-state index in [0.29, 0.717) is 23.7 Å². The van der Waals surface area contributed by atoms with Crippen molar-refractivity contribution in [3.63, 3.8) is 0 Å². The quantitative estimate of drug-likeness (QED) is 0.436. The van der Waals surface area contributed by atoms with Gasteiger partial charge in [0.15, 0.2) is 0 Å². The Hall–Kier alpha value is -0.830. The molecule has 5 aliphatic rings. The number of aliphatic hydroxyl groups excluding tert-OH is 1. The molecule has 10 atom stereocenters. The number of fused-ring (bicyclic) bond motifs is 7. The Morgan fingerprint density at radius 3 is 2.15 bits per heavy atom. The Kier molecular flexibility index (Phi) is 5.15. The standard InChI is InChI=1S/C30H48O3/c1-18(2)19-10-15-30(25(32)33)17-16-28(6)20(24(19)30)8-9-22-27(5)13-12-23(31)26(3,4)21(27)11-14-29(22,28)7/h19-24,31H,1,8-17H2,2-7H3,(H,32,33)/t19-,20?,21?,22?,23-,24?,27-,28+,29+,30-/m0/s1. The maximum atomic E-state index is 12.8. The molecule has 2 N–H and O–H groups in total. The van der Waals surface area contributed by atoms with Crippen LogP contribution in [-0.4, -0.2) is 22.3 Å². The molecular formula is C30H48O3. The average Bonchev–Trinajstić information content (AvgIpc) is 3.13. The molecule has 0 aromatic rings. The highest BCUT2D eigenvalue weighted by Gasteiger charge is 2.71. The van der Waals surface area contributed by atoms with Crippen molar-refractivity contribution < 1.29 is 15.0 Å². The number of allylic oxidation sites excluding steroid dienone is 1. The summed E-state index contributed by atoms with van der Waals surface area (Å²) in [4.78, 5) is 12.8. The molecule has 5 saturated carbocycles. The van der Waals surface area contributed by atoms with E-state index in [1.54, 1.807) is 0 Å². The van der Waals surface area contributed by atoms with Gasteiger partial charge < -0.3 is 10.2 Å². The van der Waals surface area contributed by atoms with Crippen LogP contribution in [0.25, 0.3) is 0 Å². The molecule has 0 aliphatic heterocycles. The summed E-state index contributed by atoms with van der Waals surface area (Å²) in [6.45, 7) is 18.8. The monoisotopic (exact) mass is 456 g/mol. The molecule has 0 spiro atoms. The molecule has 186 valence electrons. The highest BCUT2D eigenvalue weighted by atomic mass is 16.4. The van der Waals surface area contributed by atoms with Crippen LogP contribution >= 0.6 is 0 Å². The molecule has 5 aliphatic carbocycles. The largest absolute Gasteiger partial charge is 0.481 e. The van der Waals surface area contributed by atoms with E-state index in [-0.39, 0.29) is 33.7 Å². The predicted molar refractivity (Wildman–Crippen MR) is 133 cm³/mol. The van der Waals surface area contributed by atoms with Crippen LogP contribution in [0.1, 0.15) is 106 Å². The summed E-state index contributed by atoms with van der Waals surface area (Å²) in [5, 5.41) is 21.4. The number of aliphatic hydroxyl groups is 1. The molecule has 4 unspecified atom stereocenters. The van der Waals surface area contributed by atoms with Crippen molar-refractivity contribution in [3.05, 3.63) is 12.2 Å². The molecule has 0 amide bonds. The van der Waals surface area contributed by atoms with E-state index in [2.05, 4.69) is 48.1 Å². The fraction of sp³-hybridized carbons (Fsp3) is 0.900. The van der Waals surface area contributed by atoms with Crippen LogP contribution in [0.4, 0.5) is 0 Å². The SMILES string of the molecule is C=C(C)[C@@H]1CC[C@]2(C(=O)O)CC[C@]3(C)C(CCC4[C@@]5(C)CC[C@H](O)C(C)(C)C5CC[C@]43C)C12. The third-order valence-corrected chi connectivity index (χ3v) is 13.5. The summed E-state index contributed by atoms with van der Waals surface area (Å²) in [5.41, 5.74) is 1.35. The van der Waals surface area contributed by atoms with Crippen LogP contribution < -0.4 is 0 Å². The van der Waals surface area contributed by atoms with E-state index in [0.717, 1.165) is 38.5 Å². The van der Waals surface area contributed by atoms with Crippen LogP contribution in [0.15, 0.2) is 12.2 Å². The van der Waals surface area contributed by atoms with Crippen molar-refractivity contribution in [1.29, 1.82) is 0 Å². The van der Waals surface area contributed by atoms with Crippen molar-refractivity contribution in [2.75, 3.05) is 0 Å². The van der Waals surface area contributed by atoms with E-state index < -0.39 is 11.4 Å². The lowest BCUT2D eigenvalue weighted by atomic mass is 9.32. The second-order valence-electron chi connectivity index (χ2n) is 14.5. The van der Waals surface area contributed by atoms with Gasteiger partial charge in [-0.25, -0.2) is 0 Å². The summed E-state index contributed by atoms with van der Waals surface area (Å²) in [6.07, 6.45) is 10.5. The van der Waals surface area contributed by atoms with Crippen LogP contribution in [-0.2, 0) is 4.79 Å². The second-order valence-corrected chi connectivity index (χ2v) is 14.5. The van der Waals surface area contributed by atoms with Gasteiger partial charge >= 0.3 is 5.97 Å². The zero-order valence-electron chi connectivity index (χ0n) is 22.0. The Balaban J connectivity index is 1.57. The number of rotatable bonds is 2. The van der Waals surface area contributed by atoms with Gasteiger partial charge in [0.05, 0.1) is 11.5 Å². The molecule has 3 nitrogen and oxygen atoms in total. The third-order valence-electron chi connectivity index (χ3n) is 13.5. The van der Waals surface area contributed by atoms with Crippen molar-refractivity contribution >= 4 is 5.97 Å². The minimum absolute atomic E-state index is 0.0202. The van der Waals surface area contributed by atoms with Crippen LogP contribution in [0.2, 0.25) is 0 Å². The predicted octanol–water partition coefficient (Wildman–Crippen LogP) is 7.09. The molecule has 0 bridgehead atoms. The van der Waals surface area contributed by atoms with Crippen molar-refractivity contribution in [1.82, 2.24) is 0 Å². The normalized spacial score (nSPS) is 55.0. The van der Waals surface area contributed by atoms with Crippen LogP contribution in [0.3, 0.4) is 0 Å². The minimum Gasteiger partial charge on any atom is -0.481 e. The summed E-state index contributed by atoms with van der Waals surface area (Å²) in [6, 6.07) is 0. The van der Waals surface area contributed by atoms with Gasteiger partial charge in [-0.3, -0.25) is 4.79 Å². The van der Waals surface area contributed by atoms with Crippen LogP contribution in [0, 0.1) is 56.7 Å². The first-order chi connectivity index (χ1) is 15.3. The number of aliphatic carboxylic acids is 1. The topological polar surface area (TPSA) is 57.5 Å². The van der Waals surface area contributed by atoms with Crippen LogP contribution in [0.5, 0.6) is 0 Å². The van der Waals surface area contributed by atoms with Gasteiger partial charge in [-0.05, 0) is 122 Å². The lowest BCUT2D eigenvalue weighted by molar-refractivity contribution is -0.248. The van der Waals surface area contributed by atoms with Gasteiger partial charge in [-0.15, -0.1) is 0 Å². The molecule has 0 saturated heterocycles. The highest BCUT2D eigenvalue weighted by molar-refractivity contribution is 5.76. The van der Waals surface area contributed by atoms with Gasteiger partial charge in [0.1, 0.15) is 0 Å². The molecule has 0 aromatic heterocycles. The Labute approximate surface area is 201 Å². The lowest BCUT2D eigenvalue weighted by Crippen LogP contribution is -2.67. The summed E-state index contributed by atoms with van der Waals surface area (Å²) in [7, 11) is 0. The fourth-order valence-corrected chi connectivity index (χ4v) is 11.5. The van der Waals surface area contributed by atoms with Gasteiger partial charge in [0.2, 0.25) is 0 Å². The highest BCUT2D eigenvalue weighted by Crippen LogP contribution is 2.77. The molecule has 3 heteroatoms. The summed E-state index contributed by atoms with van der Waals surface area (Å²) >= 11 is 0. The first-order valence-corrected chi connectivity index (χ1v) is 13.8. The molecule has 0 radical (unpaired) electrons. The maximum Gasteiger partial charge on any atom is 0.309 e. The molecule has 5 rings (SSSR count). The number of carboxylic acids is 1. The molecular weight excluding hydrogens is 408 g/mol. The zero-order chi connectivity index (χ0) is 24.2. The van der Waals surface area contributed by atoms with Gasteiger partial charge in [0, 0.05) is 0 Å². The number of carbonyl (C=O) groups is 1. The van der Waals surface area contributed by atoms with Gasteiger partial charge in [-0.1, -0.05) is 46.8 Å². The third kappa shape index (κ3) is 2.75. The summed E-state index contributed by atoms with van der Waals surface area (Å²) in [5.74, 6) is 1.79. The molecule has 0 heterocycles. The van der Waals surface area contributed by atoms with E-state index in [9.17, 15) is 15.0 Å². The molecule has 5 fully saturated rings. The van der Waals surface area contributed by atoms with Gasteiger partial charge in [-0.2, -0.15) is 0 Å². The minimum atomic E-state index is -0.538. The fourth-order valence-electron chi connectivity index (χ4n) is 11.5. The summed E-state index contributed by atoms with van der Waals surface area (Å²) < 4.78 is 0. The Morgan fingerprint density at radius 2 is 1.52 bits per heavy atom. The van der Waals surface area contributed by atoms with E-state index >= 15 is 0 Å². The van der Waals surface area contributed by atoms with Crippen molar-refractivity contribution in [2.45, 2.75) is 112 Å². The second kappa shape index (κ2) is 7.11. The van der Waals surface area contributed by atoms with Gasteiger partial charge in [0.25, 0.3) is 0 Å². The lowest BCUT2D eigenvalue weighted by Gasteiger charge is -2.72. The Bertz CT molecular complexity index is 861. The van der Waals surface area contributed by atoms with Crippen molar-refractivity contribution in [2.24, 2.45) is 56.7 Å². The van der Waals surface area contributed by atoms with Crippen molar-refractivity contribution in [3.8, 4) is 0 Å². The maximum absolute atomic E-state index is 12.8. The van der Waals surface area contributed by atoms with E-state index in [1.807, 2.05) is 0 Å². The first-order valence-electron chi connectivity index (χ1n) is 13.8. The van der Waals surface area contributed by atoms with E-state index in [4.69, 9.17) is 0 Å². The smallest absolute Gasteiger partial charge is 0.309 e. The number of hydrogen-bond donors (Lipinski definition) is 2. The first kappa shape index (κ1) is 23.9. The molecule has 0 aromatic carbocycles. The zero-order valence-corrected chi connectivity index (χ0v) is 22.0. The average molecular weight is 457 g/mol. The molecule has 33 heavy (non-hydrogen) atoms. The number of carboxylic acid groups (broad SMARTS) is 1. The number of hydrogen-bond acceptors (Lipinski definition) is 2.